The fraction of sp³-hybridized carbons (Fsp3) is 0.412. The molecule has 3 rings (SSSR count). The fourth-order valence-electron chi connectivity index (χ4n) is 2.97. The lowest BCUT2D eigenvalue weighted by Crippen LogP contribution is -2.28. The number of nitrogens with zero attached hydrogens (tertiary/aromatic N) is 2. The number of hydrogen-bond donors (Lipinski definition) is 2. The van der Waals surface area contributed by atoms with Crippen molar-refractivity contribution >= 4 is 5.97 Å². The first-order valence-electron chi connectivity index (χ1n) is 7.72. The predicted molar refractivity (Wildman–Crippen MR) is 83.6 cm³/mol. The van der Waals surface area contributed by atoms with E-state index in [2.05, 4.69) is 16.5 Å². The number of aliphatic carboxylic acids is 1. The Hall–Kier alpha value is -2.14. The van der Waals surface area contributed by atoms with Gasteiger partial charge in [-0.3, -0.25) is 14.8 Å². The molecule has 2 N–H and O–H groups in total. The zero-order valence-corrected chi connectivity index (χ0v) is 12.7. The van der Waals surface area contributed by atoms with E-state index in [-0.39, 0.29) is 0 Å². The average molecular weight is 299 g/mol. The van der Waals surface area contributed by atoms with Crippen LogP contribution in [0.25, 0.3) is 0 Å². The Kier molecular flexibility index (Phi) is 4.24. The zero-order chi connectivity index (χ0) is 15.5. The molecular formula is C17H21N3O2. The highest BCUT2D eigenvalue weighted by molar-refractivity contribution is 5.75. The lowest BCUT2D eigenvalue weighted by Gasteiger charge is -2.14. The highest BCUT2D eigenvalue weighted by atomic mass is 16.4. The van der Waals surface area contributed by atoms with Crippen LogP contribution in [0.5, 0.6) is 0 Å². The molecule has 1 atom stereocenters. The summed E-state index contributed by atoms with van der Waals surface area (Å²) in [5.41, 5.74) is 4.00. The first-order chi connectivity index (χ1) is 10.6. The van der Waals surface area contributed by atoms with Crippen molar-refractivity contribution in [1.29, 1.82) is 0 Å². The largest absolute Gasteiger partial charge is 0.480 e. The maximum atomic E-state index is 11.5. The van der Waals surface area contributed by atoms with E-state index >= 15 is 0 Å². The summed E-state index contributed by atoms with van der Waals surface area (Å²) in [5.74, 6) is -0.866. The number of rotatable bonds is 5. The number of carboxylic acids is 1. The molecule has 0 aliphatic carbocycles. The van der Waals surface area contributed by atoms with Crippen LogP contribution in [0.4, 0.5) is 0 Å². The van der Waals surface area contributed by atoms with Crippen LogP contribution in [-0.4, -0.2) is 20.9 Å². The predicted octanol–water partition coefficient (Wildman–Crippen LogP) is 2.44. The summed E-state index contributed by atoms with van der Waals surface area (Å²) in [6, 6.07) is 8.98. The summed E-state index contributed by atoms with van der Waals surface area (Å²) >= 11 is 0. The Morgan fingerprint density at radius 3 is 3.00 bits per heavy atom. The Bertz CT molecular complexity index is 655. The third kappa shape index (κ3) is 3.20. The Labute approximate surface area is 130 Å². The summed E-state index contributed by atoms with van der Waals surface area (Å²) in [4.78, 5) is 11.5. The van der Waals surface area contributed by atoms with Gasteiger partial charge in [0, 0.05) is 18.8 Å². The fourth-order valence-corrected chi connectivity index (χ4v) is 2.97. The second-order valence-corrected chi connectivity index (χ2v) is 5.87. The van der Waals surface area contributed by atoms with E-state index in [1.807, 2.05) is 35.9 Å². The molecule has 0 bridgehead atoms. The van der Waals surface area contributed by atoms with Crippen molar-refractivity contribution in [2.45, 2.75) is 45.3 Å². The van der Waals surface area contributed by atoms with Crippen LogP contribution in [0.1, 0.15) is 41.4 Å². The van der Waals surface area contributed by atoms with Crippen LogP contribution in [0, 0.1) is 6.92 Å². The van der Waals surface area contributed by atoms with Gasteiger partial charge in [-0.25, -0.2) is 0 Å². The average Bonchev–Trinajstić information content (AvgIpc) is 2.90. The number of fused-ring (bicyclic) bond motifs is 1. The molecule has 0 saturated carbocycles. The number of aryl methyl sites for hydroxylation is 3. The highest BCUT2D eigenvalue weighted by Crippen LogP contribution is 2.18. The van der Waals surface area contributed by atoms with Crippen molar-refractivity contribution in [3.63, 3.8) is 0 Å². The van der Waals surface area contributed by atoms with Crippen molar-refractivity contribution in [3.05, 3.63) is 52.8 Å². The first-order valence-corrected chi connectivity index (χ1v) is 7.72. The van der Waals surface area contributed by atoms with Crippen LogP contribution in [0.15, 0.2) is 30.3 Å². The molecule has 22 heavy (non-hydrogen) atoms. The standard InChI is InChI=1S/C17H21N3O2/c1-12-5-4-6-13(9-12)16(17(21)22)18-11-14-10-15-7-2-3-8-20(15)19-14/h4-6,9-10,16,18H,2-3,7-8,11H2,1H3,(H,21,22). The number of carbonyl (C=O) groups is 1. The minimum absolute atomic E-state index is 0.463. The molecule has 1 unspecified atom stereocenters. The van der Waals surface area contributed by atoms with E-state index in [9.17, 15) is 9.90 Å². The molecule has 2 aromatic rings. The van der Waals surface area contributed by atoms with Crippen LogP contribution >= 0.6 is 0 Å². The van der Waals surface area contributed by atoms with E-state index in [0.717, 1.165) is 29.8 Å². The van der Waals surface area contributed by atoms with Gasteiger partial charge in [0.15, 0.2) is 0 Å². The molecule has 0 radical (unpaired) electrons. The molecule has 5 nitrogen and oxygen atoms in total. The number of hydrogen-bond acceptors (Lipinski definition) is 3. The second kappa shape index (κ2) is 6.32. The van der Waals surface area contributed by atoms with Gasteiger partial charge in [-0.05, 0) is 37.8 Å². The molecule has 0 fully saturated rings. The van der Waals surface area contributed by atoms with Gasteiger partial charge in [0.1, 0.15) is 6.04 Å². The molecule has 116 valence electrons. The number of aromatic nitrogens is 2. The van der Waals surface area contributed by atoms with Gasteiger partial charge in [0.25, 0.3) is 0 Å². The van der Waals surface area contributed by atoms with E-state index in [1.54, 1.807) is 0 Å². The van der Waals surface area contributed by atoms with Gasteiger partial charge in [-0.1, -0.05) is 29.8 Å². The van der Waals surface area contributed by atoms with Crippen molar-refractivity contribution < 1.29 is 9.90 Å². The van der Waals surface area contributed by atoms with Gasteiger partial charge < -0.3 is 5.11 Å². The minimum atomic E-state index is -0.866. The van der Waals surface area contributed by atoms with E-state index in [0.29, 0.717) is 6.54 Å². The molecule has 0 spiro atoms. The molecular weight excluding hydrogens is 278 g/mol. The molecule has 2 heterocycles. The Morgan fingerprint density at radius 1 is 1.41 bits per heavy atom. The number of nitrogens with one attached hydrogen (secondary N) is 1. The monoisotopic (exact) mass is 299 g/mol. The third-order valence-electron chi connectivity index (χ3n) is 4.08. The number of carboxylic acid groups (broad SMARTS) is 1. The highest BCUT2D eigenvalue weighted by Gasteiger charge is 2.20. The maximum absolute atomic E-state index is 11.5. The van der Waals surface area contributed by atoms with Crippen molar-refractivity contribution in [3.8, 4) is 0 Å². The van der Waals surface area contributed by atoms with Gasteiger partial charge >= 0.3 is 5.97 Å². The van der Waals surface area contributed by atoms with Crippen LogP contribution in [0.2, 0.25) is 0 Å². The summed E-state index contributed by atoms with van der Waals surface area (Å²) < 4.78 is 2.04. The topological polar surface area (TPSA) is 67.2 Å². The van der Waals surface area contributed by atoms with Gasteiger partial charge in [-0.2, -0.15) is 5.10 Å². The van der Waals surface area contributed by atoms with E-state index < -0.39 is 12.0 Å². The third-order valence-corrected chi connectivity index (χ3v) is 4.08. The Morgan fingerprint density at radius 2 is 2.27 bits per heavy atom. The molecule has 1 aromatic heterocycles. The maximum Gasteiger partial charge on any atom is 0.325 e. The smallest absolute Gasteiger partial charge is 0.325 e. The molecule has 1 aromatic carbocycles. The van der Waals surface area contributed by atoms with Crippen molar-refractivity contribution in [2.24, 2.45) is 0 Å². The lowest BCUT2D eigenvalue weighted by molar-refractivity contribution is -0.139. The Balaban J connectivity index is 1.72. The lowest BCUT2D eigenvalue weighted by atomic mass is 10.0. The summed E-state index contributed by atoms with van der Waals surface area (Å²) in [6.07, 6.45) is 3.44. The molecule has 0 amide bonds. The van der Waals surface area contributed by atoms with E-state index in [4.69, 9.17) is 0 Å². The van der Waals surface area contributed by atoms with Gasteiger partial charge in [0.2, 0.25) is 0 Å². The number of benzene rings is 1. The molecule has 5 heteroatoms. The van der Waals surface area contributed by atoms with E-state index in [1.165, 1.54) is 18.5 Å². The SMILES string of the molecule is Cc1cccc(C(NCc2cc3n(n2)CCCC3)C(=O)O)c1. The molecule has 0 saturated heterocycles. The van der Waals surface area contributed by atoms with Crippen molar-refractivity contribution in [2.75, 3.05) is 0 Å². The van der Waals surface area contributed by atoms with Gasteiger partial charge in [-0.15, -0.1) is 0 Å². The minimum Gasteiger partial charge on any atom is -0.480 e. The molecule has 1 aliphatic rings. The summed E-state index contributed by atoms with van der Waals surface area (Å²) in [5, 5.41) is 17.1. The summed E-state index contributed by atoms with van der Waals surface area (Å²) in [7, 11) is 0. The van der Waals surface area contributed by atoms with Gasteiger partial charge in [0.05, 0.1) is 5.69 Å². The first kappa shape index (κ1) is 14.8. The van der Waals surface area contributed by atoms with Crippen LogP contribution in [-0.2, 0) is 24.3 Å². The summed E-state index contributed by atoms with van der Waals surface area (Å²) in [6.45, 7) is 3.40. The quantitative estimate of drug-likeness (QED) is 0.890. The van der Waals surface area contributed by atoms with Crippen LogP contribution < -0.4 is 5.32 Å². The zero-order valence-electron chi connectivity index (χ0n) is 12.7. The molecule has 1 aliphatic heterocycles. The normalized spacial score (nSPS) is 15.3. The van der Waals surface area contributed by atoms with Crippen LogP contribution in [0.3, 0.4) is 0 Å². The second-order valence-electron chi connectivity index (χ2n) is 5.87. The van der Waals surface area contributed by atoms with Crippen molar-refractivity contribution in [1.82, 2.24) is 15.1 Å².